The van der Waals surface area contributed by atoms with Crippen LogP contribution in [0.25, 0.3) is 0 Å². The van der Waals surface area contributed by atoms with E-state index in [1.165, 1.54) is 17.0 Å². The van der Waals surface area contributed by atoms with Gasteiger partial charge in [-0.25, -0.2) is 0 Å². The molecule has 1 heterocycles. The first-order valence-corrected chi connectivity index (χ1v) is 6.03. The van der Waals surface area contributed by atoms with Crippen LogP contribution in [0.3, 0.4) is 0 Å². The van der Waals surface area contributed by atoms with Crippen LogP contribution in [0.1, 0.15) is 18.4 Å². The molecule has 96 valence electrons. The highest BCUT2D eigenvalue weighted by Gasteiger charge is 2.39. The molecular formula is C13H10ClN3O2. The SMILES string of the molecule is N#CC[C@H]1[C@@H](O)CC(=O)N1c1ccc(C#N)c(Cl)c1. The molecule has 0 bridgehead atoms. The first kappa shape index (κ1) is 13.4. The fourth-order valence-electron chi connectivity index (χ4n) is 2.17. The molecule has 0 saturated carbocycles. The van der Waals surface area contributed by atoms with Crippen molar-refractivity contribution < 1.29 is 9.90 Å². The number of halogens is 1. The molecule has 1 aliphatic heterocycles. The van der Waals surface area contributed by atoms with E-state index in [9.17, 15) is 9.90 Å². The molecule has 0 radical (unpaired) electrons. The van der Waals surface area contributed by atoms with Crippen LogP contribution in [-0.2, 0) is 4.79 Å². The van der Waals surface area contributed by atoms with E-state index in [2.05, 4.69) is 0 Å². The molecule has 0 aliphatic carbocycles. The van der Waals surface area contributed by atoms with Gasteiger partial charge in [0.05, 0.1) is 41.6 Å². The number of amides is 1. The summed E-state index contributed by atoms with van der Waals surface area (Å²) in [4.78, 5) is 13.3. The summed E-state index contributed by atoms with van der Waals surface area (Å²) in [5, 5.41) is 27.6. The Balaban J connectivity index is 2.39. The minimum atomic E-state index is -0.860. The van der Waals surface area contributed by atoms with Crippen molar-refractivity contribution in [2.24, 2.45) is 0 Å². The van der Waals surface area contributed by atoms with Crippen molar-refractivity contribution in [3.05, 3.63) is 28.8 Å². The van der Waals surface area contributed by atoms with Crippen LogP contribution in [0.5, 0.6) is 0 Å². The van der Waals surface area contributed by atoms with Gasteiger partial charge in [0.25, 0.3) is 0 Å². The number of nitrogens with zero attached hydrogens (tertiary/aromatic N) is 3. The van der Waals surface area contributed by atoms with Crippen molar-refractivity contribution in [3.63, 3.8) is 0 Å². The summed E-state index contributed by atoms with van der Waals surface area (Å²) in [5.74, 6) is -0.256. The Hall–Kier alpha value is -2.08. The first-order chi connectivity index (χ1) is 9.08. The smallest absolute Gasteiger partial charge is 0.230 e. The number of hydrogen-bond acceptors (Lipinski definition) is 4. The Morgan fingerprint density at radius 1 is 1.47 bits per heavy atom. The molecule has 6 heteroatoms. The Labute approximate surface area is 115 Å². The van der Waals surface area contributed by atoms with Crippen LogP contribution < -0.4 is 4.90 Å². The fraction of sp³-hybridized carbons (Fsp3) is 0.308. The molecule has 1 fully saturated rings. The topological polar surface area (TPSA) is 88.1 Å². The first-order valence-electron chi connectivity index (χ1n) is 5.65. The minimum absolute atomic E-state index is 0.00995. The van der Waals surface area contributed by atoms with Crippen LogP contribution in [0.2, 0.25) is 5.02 Å². The third kappa shape index (κ3) is 2.39. The van der Waals surface area contributed by atoms with E-state index in [1.807, 2.05) is 12.1 Å². The molecule has 0 aromatic heterocycles. The average Bonchev–Trinajstić information content (AvgIpc) is 2.65. The van der Waals surface area contributed by atoms with Gasteiger partial charge in [-0.15, -0.1) is 0 Å². The quantitative estimate of drug-likeness (QED) is 0.888. The van der Waals surface area contributed by atoms with Crippen molar-refractivity contribution in [1.29, 1.82) is 10.5 Å². The van der Waals surface area contributed by atoms with Gasteiger partial charge in [-0.3, -0.25) is 4.79 Å². The van der Waals surface area contributed by atoms with E-state index in [4.69, 9.17) is 22.1 Å². The lowest BCUT2D eigenvalue weighted by molar-refractivity contribution is -0.117. The molecule has 1 aromatic carbocycles. The van der Waals surface area contributed by atoms with Gasteiger partial charge in [-0.2, -0.15) is 10.5 Å². The molecule has 0 unspecified atom stereocenters. The summed E-state index contributed by atoms with van der Waals surface area (Å²) >= 11 is 5.93. The second-order valence-electron chi connectivity index (χ2n) is 4.24. The number of aliphatic hydroxyl groups excluding tert-OH is 1. The monoisotopic (exact) mass is 275 g/mol. The fourth-order valence-corrected chi connectivity index (χ4v) is 2.39. The molecule has 1 N–H and O–H groups in total. The molecule has 2 rings (SSSR count). The lowest BCUT2D eigenvalue weighted by Gasteiger charge is -2.24. The van der Waals surface area contributed by atoms with Gasteiger partial charge < -0.3 is 10.0 Å². The third-order valence-corrected chi connectivity index (χ3v) is 3.39. The van der Waals surface area contributed by atoms with Gasteiger partial charge in [0, 0.05) is 5.69 Å². The normalized spacial score (nSPS) is 22.1. The van der Waals surface area contributed by atoms with Crippen LogP contribution in [0.4, 0.5) is 5.69 Å². The van der Waals surface area contributed by atoms with Crippen molar-refractivity contribution in [1.82, 2.24) is 0 Å². The zero-order chi connectivity index (χ0) is 14.0. The maximum atomic E-state index is 11.9. The molecule has 1 aliphatic rings. The zero-order valence-corrected chi connectivity index (χ0v) is 10.6. The highest BCUT2D eigenvalue weighted by Crippen LogP contribution is 2.31. The Kier molecular flexibility index (Phi) is 3.71. The Morgan fingerprint density at radius 3 is 2.79 bits per heavy atom. The molecule has 19 heavy (non-hydrogen) atoms. The number of rotatable bonds is 2. The molecule has 1 amide bonds. The summed E-state index contributed by atoms with van der Waals surface area (Å²) in [6, 6.07) is 7.92. The van der Waals surface area contributed by atoms with E-state index in [1.54, 1.807) is 6.07 Å². The van der Waals surface area contributed by atoms with Gasteiger partial charge in [0.1, 0.15) is 6.07 Å². The summed E-state index contributed by atoms with van der Waals surface area (Å²) in [6.07, 6.45) is -0.823. The largest absolute Gasteiger partial charge is 0.390 e. The van der Waals surface area contributed by atoms with Gasteiger partial charge in [-0.1, -0.05) is 11.6 Å². The zero-order valence-electron chi connectivity index (χ0n) is 9.88. The van der Waals surface area contributed by atoms with Crippen LogP contribution in [-0.4, -0.2) is 23.2 Å². The van der Waals surface area contributed by atoms with Gasteiger partial charge in [-0.05, 0) is 18.2 Å². The van der Waals surface area contributed by atoms with E-state index in [0.717, 1.165) is 0 Å². The van der Waals surface area contributed by atoms with Crippen molar-refractivity contribution in [2.75, 3.05) is 4.90 Å². The minimum Gasteiger partial charge on any atom is -0.390 e. The number of carbonyl (C=O) groups is 1. The number of anilines is 1. The van der Waals surface area contributed by atoms with Crippen LogP contribution >= 0.6 is 11.6 Å². The molecule has 1 aromatic rings. The number of aliphatic hydroxyl groups is 1. The summed E-state index contributed by atoms with van der Waals surface area (Å²) in [5.41, 5.74) is 0.806. The van der Waals surface area contributed by atoms with Gasteiger partial charge in [0.15, 0.2) is 0 Å². The predicted molar refractivity (Wildman–Crippen MR) is 68.3 cm³/mol. The Bertz CT molecular complexity index is 603. The van der Waals surface area contributed by atoms with E-state index in [-0.39, 0.29) is 23.8 Å². The lowest BCUT2D eigenvalue weighted by atomic mass is 10.1. The maximum absolute atomic E-state index is 11.9. The highest BCUT2D eigenvalue weighted by molar-refractivity contribution is 6.32. The second kappa shape index (κ2) is 5.27. The number of nitriles is 2. The van der Waals surface area contributed by atoms with Crippen LogP contribution in [0, 0.1) is 22.7 Å². The second-order valence-corrected chi connectivity index (χ2v) is 4.65. The van der Waals surface area contributed by atoms with E-state index >= 15 is 0 Å². The Morgan fingerprint density at radius 2 is 2.21 bits per heavy atom. The molecule has 2 atom stereocenters. The summed E-state index contributed by atoms with van der Waals surface area (Å²) in [6.45, 7) is 0. The third-order valence-electron chi connectivity index (χ3n) is 3.08. The maximum Gasteiger partial charge on any atom is 0.230 e. The van der Waals surface area contributed by atoms with Crippen molar-refractivity contribution in [2.45, 2.75) is 25.0 Å². The molecule has 0 spiro atoms. The standard InChI is InChI=1S/C13H10ClN3O2/c14-10-5-9(2-1-8(10)7-16)17-11(3-4-15)12(18)6-13(17)19/h1-2,5,11-12,18H,3,6H2/t11-,12-/m0/s1. The molecular weight excluding hydrogens is 266 g/mol. The highest BCUT2D eigenvalue weighted by atomic mass is 35.5. The van der Waals surface area contributed by atoms with Gasteiger partial charge >= 0.3 is 0 Å². The van der Waals surface area contributed by atoms with E-state index < -0.39 is 12.1 Å². The average molecular weight is 276 g/mol. The molecule has 5 nitrogen and oxygen atoms in total. The predicted octanol–water partition coefficient (Wildman–Crippen LogP) is 1.59. The summed E-state index contributed by atoms with van der Waals surface area (Å²) < 4.78 is 0. The lowest BCUT2D eigenvalue weighted by Crippen LogP contribution is -2.36. The number of benzene rings is 1. The van der Waals surface area contributed by atoms with Crippen molar-refractivity contribution >= 4 is 23.2 Å². The van der Waals surface area contributed by atoms with Gasteiger partial charge in [0.2, 0.25) is 5.91 Å². The molecule has 1 saturated heterocycles. The van der Waals surface area contributed by atoms with Crippen LogP contribution in [0.15, 0.2) is 18.2 Å². The van der Waals surface area contributed by atoms with Crippen molar-refractivity contribution in [3.8, 4) is 12.1 Å². The summed E-state index contributed by atoms with van der Waals surface area (Å²) in [7, 11) is 0. The number of carbonyl (C=O) groups excluding carboxylic acids is 1. The number of hydrogen-bond donors (Lipinski definition) is 1. The van der Waals surface area contributed by atoms with E-state index in [0.29, 0.717) is 11.3 Å².